The highest BCUT2D eigenvalue weighted by Crippen LogP contribution is 2.25. The third kappa shape index (κ3) is 4.57. The van der Waals surface area contributed by atoms with E-state index < -0.39 is 0 Å². The van der Waals surface area contributed by atoms with E-state index in [-0.39, 0.29) is 11.8 Å². The highest BCUT2D eigenvalue weighted by molar-refractivity contribution is 6.30. The summed E-state index contributed by atoms with van der Waals surface area (Å²) in [6, 6.07) is 19.3. The summed E-state index contributed by atoms with van der Waals surface area (Å²) in [6.45, 7) is 3.58. The van der Waals surface area contributed by atoms with Gasteiger partial charge >= 0.3 is 0 Å². The second-order valence-corrected chi connectivity index (χ2v) is 7.81. The van der Waals surface area contributed by atoms with Gasteiger partial charge in [0.1, 0.15) is 0 Å². The zero-order valence-electron chi connectivity index (χ0n) is 16.3. The third-order valence-corrected chi connectivity index (χ3v) is 5.55. The maximum absolute atomic E-state index is 12.7. The number of hydrogen-bond donors (Lipinski definition) is 1. The molecule has 1 aliphatic rings. The molecule has 4 rings (SSSR count). The molecule has 1 amide bonds. The van der Waals surface area contributed by atoms with Gasteiger partial charge in [-0.15, -0.1) is 10.2 Å². The third-order valence-electron chi connectivity index (χ3n) is 5.30. The fourth-order valence-electron chi connectivity index (χ4n) is 3.67. The van der Waals surface area contributed by atoms with Crippen molar-refractivity contribution in [2.75, 3.05) is 23.3 Å². The van der Waals surface area contributed by atoms with Crippen molar-refractivity contribution >= 4 is 29.0 Å². The molecule has 0 bridgehead atoms. The van der Waals surface area contributed by atoms with Crippen LogP contribution >= 0.6 is 11.6 Å². The van der Waals surface area contributed by atoms with E-state index in [2.05, 4.69) is 39.5 Å². The van der Waals surface area contributed by atoms with Gasteiger partial charge in [0.05, 0.1) is 11.6 Å². The molecule has 1 saturated heterocycles. The number of anilines is 2. The second kappa shape index (κ2) is 8.62. The second-order valence-electron chi connectivity index (χ2n) is 7.37. The Balaban J connectivity index is 1.43. The minimum atomic E-state index is -0.0859. The molecule has 29 heavy (non-hydrogen) atoms. The maximum Gasteiger partial charge on any atom is 0.229 e. The lowest BCUT2D eigenvalue weighted by molar-refractivity contribution is -0.120. The number of amides is 1. The van der Waals surface area contributed by atoms with Crippen molar-refractivity contribution in [3.05, 3.63) is 71.2 Å². The van der Waals surface area contributed by atoms with E-state index in [9.17, 15) is 4.79 Å². The molecule has 2 heterocycles. The number of hydrogen-bond acceptors (Lipinski definition) is 4. The number of carbonyl (C=O) groups excluding carboxylic acids is 1. The number of nitrogens with one attached hydrogen (secondary N) is 1. The van der Waals surface area contributed by atoms with Crippen LogP contribution in [0.15, 0.2) is 60.7 Å². The Labute approximate surface area is 175 Å². The summed E-state index contributed by atoms with van der Waals surface area (Å²) in [5, 5.41) is 12.5. The van der Waals surface area contributed by atoms with Gasteiger partial charge in [-0.25, -0.2) is 0 Å². The van der Waals surface area contributed by atoms with Crippen molar-refractivity contribution < 1.29 is 4.79 Å². The smallest absolute Gasteiger partial charge is 0.229 e. The monoisotopic (exact) mass is 406 g/mol. The molecule has 1 fully saturated rings. The van der Waals surface area contributed by atoms with Gasteiger partial charge in [0.15, 0.2) is 5.82 Å². The van der Waals surface area contributed by atoms with E-state index in [0.29, 0.717) is 11.6 Å². The Kier molecular flexibility index (Phi) is 5.76. The highest BCUT2D eigenvalue weighted by Gasteiger charge is 2.27. The average molecular weight is 407 g/mol. The minimum absolute atomic E-state index is 0.0292. The van der Waals surface area contributed by atoms with Crippen LogP contribution in [0.3, 0.4) is 0 Å². The SMILES string of the molecule is Cc1ccccc1-c1ccc(N2CCC[C@H](C(=O)Nc3ccc(Cl)cc3)C2)nn1. The Morgan fingerprint density at radius 2 is 1.86 bits per heavy atom. The standard InChI is InChI=1S/C23H23ClN4O/c1-16-5-2-3-7-20(16)21-12-13-22(27-26-21)28-14-4-6-17(15-28)23(29)25-19-10-8-18(24)9-11-19/h2-3,5,7-13,17H,4,6,14-15H2,1H3,(H,25,29)/t17-/m0/s1. The molecular weight excluding hydrogens is 384 g/mol. The van der Waals surface area contributed by atoms with Crippen LogP contribution in [0.4, 0.5) is 11.5 Å². The Hall–Kier alpha value is -2.92. The summed E-state index contributed by atoms with van der Waals surface area (Å²) >= 11 is 5.91. The molecular formula is C23H23ClN4O. The predicted octanol–water partition coefficient (Wildman–Crippen LogP) is 4.96. The lowest BCUT2D eigenvalue weighted by Crippen LogP contribution is -2.41. The molecule has 1 N–H and O–H groups in total. The molecule has 1 atom stereocenters. The van der Waals surface area contributed by atoms with Gasteiger partial charge in [-0.1, -0.05) is 35.9 Å². The average Bonchev–Trinajstić information content (AvgIpc) is 2.76. The van der Waals surface area contributed by atoms with E-state index in [1.165, 1.54) is 5.56 Å². The van der Waals surface area contributed by atoms with Gasteiger partial charge in [0, 0.05) is 29.4 Å². The van der Waals surface area contributed by atoms with E-state index >= 15 is 0 Å². The first-order valence-electron chi connectivity index (χ1n) is 9.81. The van der Waals surface area contributed by atoms with E-state index in [1.54, 1.807) is 12.1 Å². The van der Waals surface area contributed by atoms with Crippen molar-refractivity contribution in [3.63, 3.8) is 0 Å². The number of benzene rings is 2. The van der Waals surface area contributed by atoms with Gasteiger partial charge in [0.2, 0.25) is 5.91 Å². The first-order valence-corrected chi connectivity index (χ1v) is 10.2. The topological polar surface area (TPSA) is 58.1 Å². The maximum atomic E-state index is 12.7. The lowest BCUT2D eigenvalue weighted by Gasteiger charge is -2.32. The highest BCUT2D eigenvalue weighted by atomic mass is 35.5. The summed E-state index contributed by atoms with van der Waals surface area (Å²) in [5.41, 5.74) is 3.89. The van der Waals surface area contributed by atoms with Crippen LogP contribution in [-0.4, -0.2) is 29.2 Å². The van der Waals surface area contributed by atoms with Crippen LogP contribution in [0.2, 0.25) is 5.02 Å². The fraction of sp³-hybridized carbons (Fsp3) is 0.261. The Morgan fingerprint density at radius 3 is 2.59 bits per heavy atom. The lowest BCUT2D eigenvalue weighted by atomic mass is 9.97. The summed E-state index contributed by atoms with van der Waals surface area (Å²) < 4.78 is 0. The van der Waals surface area contributed by atoms with E-state index in [4.69, 9.17) is 11.6 Å². The summed E-state index contributed by atoms with van der Waals surface area (Å²) in [7, 11) is 0. The molecule has 3 aromatic rings. The van der Waals surface area contributed by atoms with Crippen molar-refractivity contribution in [1.82, 2.24) is 10.2 Å². The van der Waals surface area contributed by atoms with E-state index in [1.807, 2.05) is 36.4 Å². The van der Waals surface area contributed by atoms with Crippen LogP contribution < -0.4 is 10.2 Å². The zero-order valence-corrected chi connectivity index (χ0v) is 17.1. The van der Waals surface area contributed by atoms with Gasteiger partial charge in [-0.05, 0) is 61.7 Å². The number of carbonyl (C=O) groups is 1. The van der Waals surface area contributed by atoms with Crippen molar-refractivity contribution in [2.24, 2.45) is 5.92 Å². The van der Waals surface area contributed by atoms with E-state index in [0.717, 1.165) is 42.1 Å². The van der Waals surface area contributed by atoms with Crippen LogP contribution in [0.25, 0.3) is 11.3 Å². The molecule has 0 aliphatic carbocycles. The van der Waals surface area contributed by atoms with Crippen LogP contribution in [-0.2, 0) is 4.79 Å². The van der Waals surface area contributed by atoms with Gasteiger partial charge < -0.3 is 10.2 Å². The normalized spacial score (nSPS) is 16.5. The number of halogens is 1. The predicted molar refractivity (Wildman–Crippen MR) is 117 cm³/mol. The van der Waals surface area contributed by atoms with Gasteiger partial charge in [0.25, 0.3) is 0 Å². The van der Waals surface area contributed by atoms with Gasteiger partial charge in [-0.3, -0.25) is 4.79 Å². The Morgan fingerprint density at radius 1 is 1.07 bits per heavy atom. The number of nitrogens with zero attached hydrogens (tertiary/aromatic N) is 3. The number of aromatic nitrogens is 2. The quantitative estimate of drug-likeness (QED) is 0.665. The largest absolute Gasteiger partial charge is 0.354 e. The number of rotatable bonds is 4. The van der Waals surface area contributed by atoms with Crippen molar-refractivity contribution in [1.29, 1.82) is 0 Å². The fourth-order valence-corrected chi connectivity index (χ4v) is 3.80. The van der Waals surface area contributed by atoms with Crippen molar-refractivity contribution in [3.8, 4) is 11.3 Å². The molecule has 2 aromatic carbocycles. The zero-order chi connectivity index (χ0) is 20.2. The summed E-state index contributed by atoms with van der Waals surface area (Å²) in [6.07, 6.45) is 1.81. The molecule has 0 spiro atoms. The molecule has 148 valence electrons. The Bertz CT molecular complexity index is 989. The number of aryl methyl sites for hydroxylation is 1. The molecule has 0 unspecified atom stereocenters. The molecule has 6 heteroatoms. The van der Waals surface area contributed by atoms with Crippen LogP contribution in [0, 0.1) is 12.8 Å². The van der Waals surface area contributed by atoms with Crippen molar-refractivity contribution in [2.45, 2.75) is 19.8 Å². The number of piperidine rings is 1. The van der Waals surface area contributed by atoms with Gasteiger partial charge in [-0.2, -0.15) is 0 Å². The molecule has 5 nitrogen and oxygen atoms in total. The first kappa shape index (κ1) is 19.4. The summed E-state index contributed by atoms with van der Waals surface area (Å²) in [4.78, 5) is 14.8. The molecule has 0 radical (unpaired) electrons. The molecule has 0 saturated carbocycles. The molecule has 1 aromatic heterocycles. The van der Waals surface area contributed by atoms with Crippen LogP contribution in [0.5, 0.6) is 0 Å². The summed E-state index contributed by atoms with van der Waals surface area (Å²) in [5.74, 6) is 0.755. The van der Waals surface area contributed by atoms with Crippen LogP contribution in [0.1, 0.15) is 18.4 Å². The minimum Gasteiger partial charge on any atom is -0.354 e. The molecule has 1 aliphatic heterocycles. The first-order chi connectivity index (χ1) is 14.1.